The van der Waals surface area contributed by atoms with Crippen LogP contribution in [0.3, 0.4) is 0 Å². The van der Waals surface area contributed by atoms with Crippen LogP contribution < -0.4 is 4.74 Å². The van der Waals surface area contributed by atoms with E-state index in [9.17, 15) is 4.79 Å². The molecule has 1 aromatic heterocycles. The standard InChI is InChI=1S/C23H25NO2S/c1-3-4-5-6-15-26-21-13-11-19(12-14-21)22-16-24-23(27-22)20-9-7-18(8-10-20)17(2)25/h7-14,16H,3-6,15H2,1-2H3. The Morgan fingerprint density at radius 1 is 0.963 bits per heavy atom. The van der Waals surface area contributed by atoms with Gasteiger partial charge in [-0.15, -0.1) is 11.3 Å². The molecule has 0 radical (unpaired) electrons. The minimum absolute atomic E-state index is 0.0778. The van der Waals surface area contributed by atoms with Gasteiger partial charge in [-0.05, 0) is 43.2 Å². The number of rotatable bonds is 9. The fourth-order valence-electron chi connectivity index (χ4n) is 2.82. The van der Waals surface area contributed by atoms with Gasteiger partial charge in [0, 0.05) is 17.3 Å². The number of nitrogens with zero attached hydrogens (tertiary/aromatic N) is 1. The highest BCUT2D eigenvalue weighted by molar-refractivity contribution is 7.18. The highest BCUT2D eigenvalue weighted by Gasteiger charge is 2.08. The number of hydrogen-bond donors (Lipinski definition) is 0. The highest BCUT2D eigenvalue weighted by Crippen LogP contribution is 2.33. The van der Waals surface area contributed by atoms with Gasteiger partial charge in [-0.3, -0.25) is 4.79 Å². The Morgan fingerprint density at radius 2 is 1.67 bits per heavy atom. The molecule has 2 aromatic carbocycles. The molecule has 0 amide bonds. The number of unbranched alkanes of at least 4 members (excludes halogenated alkanes) is 3. The van der Waals surface area contributed by atoms with Crippen molar-refractivity contribution in [1.29, 1.82) is 0 Å². The molecule has 27 heavy (non-hydrogen) atoms. The van der Waals surface area contributed by atoms with E-state index in [1.54, 1.807) is 18.3 Å². The van der Waals surface area contributed by atoms with Crippen molar-refractivity contribution in [3.05, 3.63) is 60.3 Å². The van der Waals surface area contributed by atoms with E-state index in [0.29, 0.717) is 0 Å². The number of carbonyl (C=O) groups is 1. The first kappa shape index (κ1) is 19.3. The van der Waals surface area contributed by atoms with Crippen LogP contribution in [0.1, 0.15) is 49.9 Å². The number of carbonyl (C=O) groups excluding carboxylic acids is 1. The first-order chi connectivity index (χ1) is 13.2. The molecule has 0 saturated heterocycles. The number of hydrogen-bond acceptors (Lipinski definition) is 4. The Hall–Kier alpha value is -2.46. The third-order valence-electron chi connectivity index (χ3n) is 4.45. The maximum absolute atomic E-state index is 11.4. The average Bonchev–Trinajstić information content (AvgIpc) is 3.18. The van der Waals surface area contributed by atoms with Crippen molar-refractivity contribution in [3.63, 3.8) is 0 Å². The van der Waals surface area contributed by atoms with Crippen LogP contribution in [-0.4, -0.2) is 17.4 Å². The molecule has 0 bridgehead atoms. The second kappa shape index (κ2) is 9.47. The van der Waals surface area contributed by atoms with Crippen LogP contribution >= 0.6 is 11.3 Å². The second-order valence-electron chi connectivity index (χ2n) is 6.60. The van der Waals surface area contributed by atoms with Crippen LogP contribution in [0, 0.1) is 0 Å². The van der Waals surface area contributed by atoms with Gasteiger partial charge >= 0.3 is 0 Å². The van der Waals surface area contributed by atoms with Gasteiger partial charge in [0.1, 0.15) is 10.8 Å². The number of Topliss-reactive ketones (excluding diaryl/α,β-unsaturated/α-hetero) is 1. The normalized spacial score (nSPS) is 10.7. The minimum atomic E-state index is 0.0778. The molecule has 3 nitrogen and oxygen atoms in total. The van der Waals surface area contributed by atoms with E-state index in [0.717, 1.165) is 45.4 Å². The molecule has 0 aliphatic heterocycles. The zero-order valence-corrected chi connectivity index (χ0v) is 16.7. The van der Waals surface area contributed by atoms with Crippen molar-refractivity contribution in [2.45, 2.75) is 39.5 Å². The fourth-order valence-corrected chi connectivity index (χ4v) is 3.75. The van der Waals surface area contributed by atoms with Crippen molar-refractivity contribution in [1.82, 2.24) is 4.98 Å². The monoisotopic (exact) mass is 379 g/mol. The van der Waals surface area contributed by atoms with Crippen LogP contribution in [0.15, 0.2) is 54.7 Å². The van der Waals surface area contributed by atoms with Gasteiger partial charge in [0.05, 0.1) is 11.5 Å². The predicted molar refractivity (Wildman–Crippen MR) is 113 cm³/mol. The van der Waals surface area contributed by atoms with E-state index in [2.05, 4.69) is 24.0 Å². The molecular weight excluding hydrogens is 354 g/mol. The molecule has 3 rings (SSSR count). The van der Waals surface area contributed by atoms with E-state index in [1.165, 1.54) is 19.3 Å². The lowest BCUT2D eigenvalue weighted by Gasteiger charge is -2.06. The van der Waals surface area contributed by atoms with Gasteiger partial charge in [-0.25, -0.2) is 4.98 Å². The zero-order chi connectivity index (χ0) is 19.1. The van der Waals surface area contributed by atoms with Crippen LogP contribution in [-0.2, 0) is 0 Å². The maximum Gasteiger partial charge on any atom is 0.159 e. The van der Waals surface area contributed by atoms with Crippen molar-refractivity contribution in [3.8, 4) is 26.8 Å². The first-order valence-electron chi connectivity index (χ1n) is 9.48. The van der Waals surface area contributed by atoms with E-state index < -0.39 is 0 Å². The predicted octanol–water partition coefficient (Wildman–Crippen LogP) is 6.64. The molecule has 0 spiro atoms. The molecule has 0 aliphatic carbocycles. The fraction of sp³-hybridized carbons (Fsp3) is 0.304. The summed E-state index contributed by atoms with van der Waals surface area (Å²) >= 11 is 1.65. The summed E-state index contributed by atoms with van der Waals surface area (Å²) in [6.07, 6.45) is 6.75. The zero-order valence-electron chi connectivity index (χ0n) is 15.9. The van der Waals surface area contributed by atoms with Crippen molar-refractivity contribution in [2.75, 3.05) is 6.61 Å². The molecule has 0 fully saturated rings. The summed E-state index contributed by atoms with van der Waals surface area (Å²) in [5.74, 6) is 0.994. The number of ketones is 1. The minimum Gasteiger partial charge on any atom is -0.494 e. The Labute approximate surface area is 165 Å². The first-order valence-corrected chi connectivity index (χ1v) is 10.3. The number of ether oxygens (including phenoxy) is 1. The summed E-state index contributed by atoms with van der Waals surface area (Å²) in [5.41, 5.74) is 2.89. The summed E-state index contributed by atoms with van der Waals surface area (Å²) in [6, 6.07) is 15.8. The second-order valence-corrected chi connectivity index (χ2v) is 7.63. The van der Waals surface area contributed by atoms with E-state index in [1.807, 2.05) is 42.6 Å². The molecule has 140 valence electrons. The third-order valence-corrected chi connectivity index (χ3v) is 5.55. The lowest BCUT2D eigenvalue weighted by Crippen LogP contribution is -1.96. The molecule has 0 saturated carbocycles. The molecule has 3 aromatic rings. The molecule has 0 N–H and O–H groups in total. The molecule has 0 atom stereocenters. The van der Waals surface area contributed by atoms with Crippen LogP contribution in [0.25, 0.3) is 21.0 Å². The number of benzene rings is 2. The van der Waals surface area contributed by atoms with Gasteiger partial charge in [-0.1, -0.05) is 50.5 Å². The third kappa shape index (κ3) is 5.27. The van der Waals surface area contributed by atoms with Crippen molar-refractivity contribution >= 4 is 17.1 Å². The summed E-state index contributed by atoms with van der Waals surface area (Å²) in [6.45, 7) is 4.57. The van der Waals surface area contributed by atoms with Gasteiger partial charge in [-0.2, -0.15) is 0 Å². The Morgan fingerprint density at radius 3 is 2.33 bits per heavy atom. The average molecular weight is 380 g/mol. The Kier molecular flexibility index (Phi) is 6.77. The van der Waals surface area contributed by atoms with Crippen LogP contribution in [0.4, 0.5) is 0 Å². The maximum atomic E-state index is 11.4. The highest BCUT2D eigenvalue weighted by atomic mass is 32.1. The largest absolute Gasteiger partial charge is 0.494 e. The molecule has 4 heteroatoms. The summed E-state index contributed by atoms with van der Waals surface area (Å²) in [7, 11) is 0. The van der Waals surface area contributed by atoms with E-state index in [-0.39, 0.29) is 5.78 Å². The van der Waals surface area contributed by atoms with Crippen LogP contribution in [0.5, 0.6) is 5.75 Å². The van der Waals surface area contributed by atoms with Crippen molar-refractivity contribution < 1.29 is 9.53 Å². The number of aromatic nitrogens is 1. The van der Waals surface area contributed by atoms with E-state index in [4.69, 9.17) is 4.74 Å². The molecular formula is C23H25NO2S. The summed E-state index contributed by atoms with van der Waals surface area (Å²) < 4.78 is 5.81. The van der Waals surface area contributed by atoms with Crippen LogP contribution in [0.2, 0.25) is 0 Å². The quantitative estimate of drug-likeness (QED) is 0.309. The molecule has 0 unspecified atom stereocenters. The summed E-state index contributed by atoms with van der Waals surface area (Å²) in [5, 5.41) is 0.955. The molecule has 0 aliphatic rings. The lowest BCUT2D eigenvalue weighted by molar-refractivity contribution is 0.101. The van der Waals surface area contributed by atoms with Gasteiger partial charge < -0.3 is 4.74 Å². The summed E-state index contributed by atoms with van der Waals surface area (Å²) in [4.78, 5) is 17.1. The van der Waals surface area contributed by atoms with Gasteiger partial charge in [0.2, 0.25) is 0 Å². The Balaban J connectivity index is 1.63. The van der Waals surface area contributed by atoms with E-state index >= 15 is 0 Å². The number of thiazole rings is 1. The van der Waals surface area contributed by atoms with Crippen molar-refractivity contribution in [2.24, 2.45) is 0 Å². The van der Waals surface area contributed by atoms with Gasteiger partial charge in [0.15, 0.2) is 5.78 Å². The Bertz CT molecular complexity index is 866. The topological polar surface area (TPSA) is 39.2 Å². The lowest BCUT2D eigenvalue weighted by atomic mass is 10.1. The van der Waals surface area contributed by atoms with Gasteiger partial charge in [0.25, 0.3) is 0 Å². The SMILES string of the molecule is CCCCCCOc1ccc(-c2cnc(-c3ccc(C(C)=O)cc3)s2)cc1. The molecule has 1 heterocycles. The smallest absolute Gasteiger partial charge is 0.159 e.